The number of carbonyl (C=O) groups excluding carboxylic acids is 2. The number of ether oxygens (including phenoxy) is 1. The van der Waals surface area contributed by atoms with Gasteiger partial charge in [0, 0.05) is 18.3 Å². The fraction of sp³-hybridized carbons (Fsp3) is 0.462. The second-order valence-corrected chi connectivity index (χ2v) is 4.84. The molecular weight excluding hydrogens is 260 g/mol. The van der Waals surface area contributed by atoms with Crippen LogP contribution in [-0.2, 0) is 9.53 Å². The predicted octanol–water partition coefficient (Wildman–Crippen LogP) is 1.10. The molecule has 0 aliphatic heterocycles. The topological polar surface area (TPSA) is 86.5 Å². The van der Waals surface area contributed by atoms with Crippen LogP contribution in [0.15, 0.2) is 12.3 Å². The molecule has 1 atom stereocenters. The molecule has 2 heterocycles. The minimum atomic E-state index is -0.671. The molecule has 2 aromatic rings. The van der Waals surface area contributed by atoms with Gasteiger partial charge in [0.05, 0.1) is 0 Å². The molecule has 0 radical (unpaired) electrons. The van der Waals surface area contributed by atoms with E-state index >= 15 is 0 Å². The zero-order valence-corrected chi connectivity index (χ0v) is 11.1. The Morgan fingerprint density at radius 3 is 3.05 bits per heavy atom. The van der Waals surface area contributed by atoms with Crippen LogP contribution in [0.1, 0.15) is 42.0 Å². The zero-order valence-electron chi connectivity index (χ0n) is 11.1. The van der Waals surface area contributed by atoms with Crippen molar-refractivity contribution in [2.24, 2.45) is 0 Å². The van der Waals surface area contributed by atoms with Gasteiger partial charge in [-0.2, -0.15) is 4.98 Å². The molecule has 0 saturated heterocycles. The number of aryl methyl sites for hydroxylation is 1. The number of carbonyl (C=O) groups is 2. The summed E-state index contributed by atoms with van der Waals surface area (Å²) in [5.41, 5.74) is 0.815. The van der Waals surface area contributed by atoms with Crippen LogP contribution >= 0.6 is 0 Å². The van der Waals surface area contributed by atoms with E-state index < -0.39 is 12.1 Å². The molecule has 7 nitrogen and oxygen atoms in total. The van der Waals surface area contributed by atoms with Gasteiger partial charge in [0.25, 0.3) is 11.6 Å². The highest BCUT2D eigenvalue weighted by atomic mass is 16.5. The summed E-state index contributed by atoms with van der Waals surface area (Å²) in [5.74, 6) is -0.421. The van der Waals surface area contributed by atoms with Crippen LogP contribution in [0.2, 0.25) is 0 Å². The van der Waals surface area contributed by atoms with E-state index in [4.69, 9.17) is 4.74 Å². The van der Waals surface area contributed by atoms with Crippen molar-refractivity contribution in [3.8, 4) is 0 Å². The summed E-state index contributed by atoms with van der Waals surface area (Å²) in [4.78, 5) is 31.7. The van der Waals surface area contributed by atoms with Gasteiger partial charge in [-0.25, -0.2) is 14.3 Å². The van der Waals surface area contributed by atoms with Crippen molar-refractivity contribution >= 4 is 17.5 Å². The second-order valence-electron chi connectivity index (χ2n) is 4.84. The highest BCUT2D eigenvalue weighted by molar-refractivity contribution is 5.90. The first kappa shape index (κ1) is 12.7. The number of nitrogens with zero attached hydrogens (tertiary/aromatic N) is 4. The molecule has 0 aromatic carbocycles. The Labute approximate surface area is 115 Å². The average Bonchev–Trinajstić information content (AvgIpc) is 2.87. The van der Waals surface area contributed by atoms with Crippen molar-refractivity contribution in [3.05, 3.63) is 23.8 Å². The number of aromatic nitrogens is 4. The van der Waals surface area contributed by atoms with E-state index in [9.17, 15) is 9.59 Å². The third-order valence-electron chi connectivity index (χ3n) is 3.36. The Balaban J connectivity index is 1.82. The molecule has 20 heavy (non-hydrogen) atoms. The maximum absolute atomic E-state index is 12.0. The number of hydrogen-bond acceptors (Lipinski definition) is 6. The summed E-state index contributed by atoms with van der Waals surface area (Å²) in [6.45, 7) is 1.84. The summed E-state index contributed by atoms with van der Waals surface area (Å²) < 4.78 is 6.68. The van der Waals surface area contributed by atoms with Gasteiger partial charge >= 0.3 is 5.97 Å². The SMILES string of the molecule is Cc1ccnc2nc(C(=O)O[C@H]3CCCCC3=O)nn12. The monoisotopic (exact) mass is 274 g/mol. The molecular formula is C13H14N4O3. The van der Waals surface area contributed by atoms with Gasteiger partial charge in [-0.3, -0.25) is 4.79 Å². The molecule has 104 valence electrons. The molecule has 2 aromatic heterocycles. The van der Waals surface area contributed by atoms with Crippen LogP contribution in [0.5, 0.6) is 0 Å². The lowest BCUT2D eigenvalue weighted by molar-refractivity contribution is -0.130. The highest BCUT2D eigenvalue weighted by Gasteiger charge is 2.28. The van der Waals surface area contributed by atoms with E-state index in [2.05, 4.69) is 15.1 Å². The standard InChI is InChI=1S/C13H14N4O3/c1-8-6-7-14-13-15-11(16-17(8)13)12(19)20-10-5-3-2-4-9(10)18/h6-7,10H,2-5H2,1H3/t10-/m0/s1. The number of ketones is 1. The van der Waals surface area contributed by atoms with Crippen molar-refractivity contribution < 1.29 is 14.3 Å². The van der Waals surface area contributed by atoms with E-state index in [1.807, 2.05) is 6.92 Å². The van der Waals surface area contributed by atoms with Gasteiger partial charge in [0.15, 0.2) is 11.9 Å². The minimum absolute atomic E-state index is 0.0253. The van der Waals surface area contributed by atoms with Crippen molar-refractivity contribution in [2.45, 2.75) is 38.7 Å². The second kappa shape index (κ2) is 4.99. The Kier molecular flexibility index (Phi) is 3.17. The summed E-state index contributed by atoms with van der Waals surface area (Å²) in [6, 6.07) is 1.77. The number of esters is 1. The Morgan fingerprint density at radius 1 is 1.45 bits per heavy atom. The molecule has 0 N–H and O–H groups in total. The van der Waals surface area contributed by atoms with Gasteiger partial charge in [-0.1, -0.05) is 0 Å². The first-order chi connectivity index (χ1) is 9.65. The maximum Gasteiger partial charge on any atom is 0.379 e. The first-order valence-electron chi connectivity index (χ1n) is 6.57. The van der Waals surface area contributed by atoms with E-state index in [0.717, 1.165) is 18.5 Å². The van der Waals surface area contributed by atoms with Crippen LogP contribution in [0.4, 0.5) is 0 Å². The summed E-state index contributed by atoms with van der Waals surface area (Å²) in [6.07, 6.45) is 3.74. The molecule has 0 spiro atoms. The molecule has 7 heteroatoms. The summed E-state index contributed by atoms with van der Waals surface area (Å²) >= 11 is 0. The maximum atomic E-state index is 12.0. The van der Waals surface area contributed by atoms with Crippen molar-refractivity contribution in [2.75, 3.05) is 0 Å². The van der Waals surface area contributed by atoms with Crippen molar-refractivity contribution in [3.63, 3.8) is 0 Å². The Morgan fingerprint density at radius 2 is 2.30 bits per heavy atom. The smallest absolute Gasteiger partial charge is 0.379 e. The fourth-order valence-corrected chi connectivity index (χ4v) is 2.25. The summed E-state index contributed by atoms with van der Waals surface area (Å²) in [5, 5.41) is 4.06. The quantitative estimate of drug-likeness (QED) is 0.762. The lowest BCUT2D eigenvalue weighted by Gasteiger charge is -2.19. The molecule has 0 bridgehead atoms. The van der Waals surface area contributed by atoms with Gasteiger partial charge in [0.2, 0.25) is 0 Å². The van der Waals surface area contributed by atoms with E-state index in [1.165, 1.54) is 4.52 Å². The van der Waals surface area contributed by atoms with Crippen LogP contribution in [0.25, 0.3) is 5.78 Å². The van der Waals surface area contributed by atoms with Crippen molar-refractivity contribution in [1.82, 2.24) is 19.6 Å². The lowest BCUT2D eigenvalue weighted by atomic mass is 9.96. The molecule has 1 saturated carbocycles. The molecule has 1 aliphatic rings. The van der Waals surface area contributed by atoms with E-state index in [0.29, 0.717) is 18.6 Å². The average molecular weight is 274 g/mol. The number of rotatable bonds is 2. The predicted molar refractivity (Wildman–Crippen MR) is 68.2 cm³/mol. The van der Waals surface area contributed by atoms with Crippen LogP contribution < -0.4 is 0 Å². The molecule has 1 fully saturated rings. The minimum Gasteiger partial charge on any atom is -0.448 e. The van der Waals surface area contributed by atoms with Gasteiger partial charge in [-0.15, -0.1) is 5.10 Å². The highest BCUT2D eigenvalue weighted by Crippen LogP contribution is 2.18. The van der Waals surface area contributed by atoms with Gasteiger partial charge < -0.3 is 4.74 Å². The van der Waals surface area contributed by atoms with E-state index in [1.54, 1.807) is 12.3 Å². The Bertz CT molecular complexity index is 679. The van der Waals surface area contributed by atoms with Crippen molar-refractivity contribution in [1.29, 1.82) is 0 Å². The number of fused-ring (bicyclic) bond motifs is 1. The molecule has 0 amide bonds. The molecule has 3 rings (SSSR count). The van der Waals surface area contributed by atoms with E-state index in [-0.39, 0.29) is 11.6 Å². The largest absolute Gasteiger partial charge is 0.448 e. The van der Waals surface area contributed by atoms with Crippen LogP contribution in [-0.4, -0.2) is 37.4 Å². The molecule has 1 aliphatic carbocycles. The summed E-state index contributed by atoms with van der Waals surface area (Å²) in [7, 11) is 0. The normalized spacial score (nSPS) is 19.2. The fourth-order valence-electron chi connectivity index (χ4n) is 2.25. The third-order valence-corrected chi connectivity index (χ3v) is 3.36. The number of Topliss-reactive ketones (excluding diaryl/α,β-unsaturated/α-hetero) is 1. The van der Waals surface area contributed by atoms with Crippen LogP contribution in [0, 0.1) is 6.92 Å². The lowest BCUT2D eigenvalue weighted by Crippen LogP contribution is -2.30. The zero-order chi connectivity index (χ0) is 14.1. The van der Waals surface area contributed by atoms with Gasteiger partial charge in [-0.05, 0) is 32.3 Å². The Hall–Kier alpha value is -2.31. The molecule has 0 unspecified atom stereocenters. The first-order valence-corrected chi connectivity index (χ1v) is 6.57. The van der Waals surface area contributed by atoms with Gasteiger partial charge in [0.1, 0.15) is 0 Å². The van der Waals surface area contributed by atoms with Crippen LogP contribution in [0.3, 0.4) is 0 Å². The number of hydrogen-bond donors (Lipinski definition) is 0. The third kappa shape index (κ3) is 2.26.